The number of aryl methyl sites for hydroxylation is 1. The van der Waals surface area contributed by atoms with Crippen LogP contribution in [-0.4, -0.2) is 14.9 Å². The summed E-state index contributed by atoms with van der Waals surface area (Å²) >= 11 is 5.64. The summed E-state index contributed by atoms with van der Waals surface area (Å²) in [4.78, 5) is 17.4. The van der Waals surface area contributed by atoms with E-state index in [1.165, 1.54) is 6.07 Å². The minimum atomic E-state index is -0.860. The maximum Gasteiger partial charge on any atom is 0.272 e. The van der Waals surface area contributed by atoms with Crippen molar-refractivity contribution in [2.24, 2.45) is 0 Å². The normalized spacial score (nSPS) is 10.3. The number of halogens is 2. The molecule has 19 heavy (non-hydrogen) atoms. The summed E-state index contributed by atoms with van der Waals surface area (Å²) in [7, 11) is 0. The molecule has 0 bridgehead atoms. The molecule has 6 nitrogen and oxygen atoms in total. The van der Waals surface area contributed by atoms with Crippen LogP contribution in [0.4, 0.5) is 10.1 Å². The maximum atomic E-state index is 13.6. The first-order chi connectivity index (χ1) is 8.95. The van der Waals surface area contributed by atoms with Crippen molar-refractivity contribution in [1.29, 1.82) is 0 Å². The fraction of sp³-hybridized carbons (Fsp3) is 0.0909. The largest absolute Gasteiger partial charge is 0.436 e. The molecule has 0 fully saturated rings. The van der Waals surface area contributed by atoms with Crippen LogP contribution in [0.5, 0.6) is 11.6 Å². The number of hydrogen-bond acceptors (Lipinski definition) is 5. The molecule has 0 spiro atoms. The lowest BCUT2D eigenvalue weighted by Crippen LogP contribution is -1.95. The number of hydrogen-bond donors (Lipinski definition) is 0. The molecule has 0 atom stereocenters. The fourth-order valence-corrected chi connectivity index (χ4v) is 1.57. The molecule has 0 unspecified atom stereocenters. The molecular formula is C11H7ClFN3O3. The Labute approximate surface area is 112 Å². The van der Waals surface area contributed by atoms with E-state index in [2.05, 4.69) is 9.97 Å². The van der Waals surface area contributed by atoms with E-state index in [0.717, 1.165) is 18.2 Å². The second-order valence-electron chi connectivity index (χ2n) is 3.59. The van der Waals surface area contributed by atoms with Crippen molar-refractivity contribution in [3.63, 3.8) is 0 Å². The molecule has 8 heteroatoms. The molecule has 0 saturated heterocycles. The van der Waals surface area contributed by atoms with Gasteiger partial charge in [-0.15, -0.1) is 0 Å². The van der Waals surface area contributed by atoms with Crippen LogP contribution in [0.25, 0.3) is 0 Å². The second-order valence-corrected chi connectivity index (χ2v) is 3.93. The first-order valence-corrected chi connectivity index (χ1v) is 5.46. The van der Waals surface area contributed by atoms with Gasteiger partial charge in [0.15, 0.2) is 11.6 Å². The van der Waals surface area contributed by atoms with Gasteiger partial charge in [0.1, 0.15) is 0 Å². The highest BCUT2D eigenvalue weighted by molar-refractivity contribution is 6.28. The smallest absolute Gasteiger partial charge is 0.272 e. The molecule has 0 aliphatic heterocycles. The molecule has 2 rings (SSSR count). The first kappa shape index (κ1) is 13.2. The lowest BCUT2D eigenvalue weighted by molar-refractivity contribution is -0.385. The molecule has 1 heterocycles. The molecule has 0 amide bonds. The van der Waals surface area contributed by atoms with Gasteiger partial charge in [-0.2, -0.15) is 4.98 Å². The second kappa shape index (κ2) is 5.15. The highest BCUT2D eigenvalue weighted by atomic mass is 35.5. The number of aromatic nitrogens is 2. The minimum Gasteiger partial charge on any atom is -0.436 e. The Morgan fingerprint density at radius 3 is 2.68 bits per heavy atom. The van der Waals surface area contributed by atoms with Gasteiger partial charge in [-0.05, 0) is 24.6 Å². The average Bonchev–Trinajstić information content (AvgIpc) is 2.30. The highest BCUT2D eigenvalue weighted by Crippen LogP contribution is 2.27. The van der Waals surface area contributed by atoms with Crippen molar-refractivity contribution in [3.8, 4) is 11.6 Å². The molecule has 0 aliphatic rings. The van der Waals surface area contributed by atoms with Gasteiger partial charge in [0.05, 0.1) is 11.0 Å². The standard InChI is InChI=1S/C11H7ClFN3O3/c1-6-4-10(15-11(12)14-6)19-9-3-2-7(16(17)18)5-8(9)13/h2-5H,1H3. The molecule has 1 aromatic heterocycles. The van der Waals surface area contributed by atoms with Gasteiger partial charge in [0, 0.05) is 17.8 Å². The van der Waals surface area contributed by atoms with Crippen LogP contribution in [0.2, 0.25) is 5.28 Å². The molecule has 0 N–H and O–H groups in total. The summed E-state index contributed by atoms with van der Waals surface area (Å²) in [5, 5.41) is 10.4. The van der Waals surface area contributed by atoms with Crippen LogP contribution in [0, 0.1) is 22.9 Å². The molecule has 0 radical (unpaired) electrons. The summed E-state index contributed by atoms with van der Waals surface area (Å²) in [6.45, 7) is 1.67. The monoisotopic (exact) mass is 283 g/mol. The van der Waals surface area contributed by atoms with E-state index in [1.807, 2.05) is 0 Å². The number of benzene rings is 1. The third-order valence-electron chi connectivity index (χ3n) is 2.14. The van der Waals surface area contributed by atoms with Crippen molar-refractivity contribution >= 4 is 17.3 Å². The van der Waals surface area contributed by atoms with E-state index in [1.54, 1.807) is 6.92 Å². The summed E-state index contributed by atoms with van der Waals surface area (Å²) in [5.41, 5.74) is 0.194. The summed E-state index contributed by atoms with van der Waals surface area (Å²) in [6, 6.07) is 4.52. The zero-order valence-electron chi connectivity index (χ0n) is 9.63. The van der Waals surface area contributed by atoms with Crippen LogP contribution in [0.1, 0.15) is 5.69 Å². The summed E-state index contributed by atoms with van der Waals surface area (Å²) in [6.07, 6.45) is 0. The van der Waals surface area contributed by atoms with Crippen molar-refractivity contribution in [2.75, 3.05) is 0 Å². The third kappa shape index (κ3) is 3.14. The Bertz CT molecular complexity index is 631. The van der Waals surface area contributed by atoms with Gasteiger partial charge in [-0.25, -0.2) is 9.37 Å². The summed E-state index contributed by atoms with van der Waals surface area (Å²) in [5.74, 6) is -0.980. The van der Waals surface area contributed by atoms with Crippen LogP contribution < -0.4 is 4.74 Å². The minimum absolute atomic E-state index is 0.0303. The van der Waals surface area contributed by atoms with Gasteiger partial charge in [0.25, 0.3) is 5.69 Å². The first-order valence-electron chi connectivity index (χ1n) is 5.08. The van der Waals surface area contributed by atoms with E-state index in [0.29, 0.717) is 5.69 Å². The number of nitrogens with zero attached hydrogens (tertiary/aromatic N) is 3. The Morgan fingerprint density at radius 2 is 2.11 bits per heavy atom. The lowest BCUT2D eigenvalue weighted by atomic mass is 10.3. The van der Waals surface area contributed by atoms with E-state index in [-0.39, 0.29) is 22.6 Å². The number of ether oxygens (including phenoxy) is 1. The zero-order valence-corrected chi connectivity index (χ0v) is 10.4. The van der Waals surface area contributed by atoms with E-state index < -0.39 is 10.7 Å². The molecular weight excluding hydrogens is 277 g/mol. The Morgan fingerprint density at radius 1 is 1.37 bits per heavy atom. The van der Waals surface area contributed by atoms with Gasteiger partial charge in [0.2, 0.25) is 11.2 Å². The van der Waals surface area contributed by atoms with Crippen LogP contribution in [0.15, 0.2) is 24.3 Å². The maximum absolute atomic E-state index is 13.6. The Balaban J connectivity index is 2.30. The van der Waals surface area contributed by atoms with Crippen LogP contribution >= 0.6 is 11.6 Å². The molecule has 0 saturated carbocycles. The predicted molar refractivity (Wildman–Crippen MR) is 64.9 cm³/mol. The van der Waals surface area contributed by atoms with E-state index >= 15 is 0 Å². The Hall–Kier alpha value is -2.28. The van der Waals surface area contributed by atoms with E-state index in [4.69, 9.17) is 16.3 Å². The predicted octanol–water partition coefficient (Wildman–Crippen LogP) is 3.28. The number of nitro groups is 1. The quantitative estimate of drug-likeness (QED) is 0.491. The van der Waals surface area contributed by atoms with Crippen molar-refractivity contribution in [3.05, 3.63) is 51.2 Å². The topological polar surface area (TPSA) is 78.2 Å². The van der Waals surface area contributed by atoms with Gasteiger partial charge < -0.3 is 4.74 Å². The van der Waals surface area contributed by atoms with Crippen LogP contribution in [0.3, 0.4) is 0 Å². The highest BCUT2D eigenvalue weighted by Gasteiger charge is 2.13. The van der Waals surface area contributed by atoms with Crippen molar-refractivity contribution in [2.45, 2.75) is 6.92 Å². The van der Waals surface area contributed by atoms with Gasteiger partial charge in [-0.3, -0.25) is 10.1 Å². The molecule has 2 aromatic rings. The van der Waals surface area contributed by atoms with E-state index in [9.17, 15) is 14.5 Å². The Kier molecular flexibility index (Phi) is 3.57. The fourth-order valence-electron chi connectivity index (χ4n) is 1.36. The molecule has 1 aromatic carbocycles. The number of nitro benzene ring substituents is 1. The SMILES string of the molecule is Cc1cc(Oc2ccc([N+](=O)[O-])cc2F)nc(Cl)n1. The van der Waals surface area contributed by atoms with Crippen LogP contribution in [-0.2, 0) is 0 Å². The van der Waals surface area contributed by atoms with Crippen molar-refractivity contribution < 1.29 is 14.1 Å². The lowest BCUT2D eigenvalue weighted by Gasteiger charge is -2.06. The molecule has 0 aliphatic carbocycles. The molecule has 98 valence electrons. The van der Waals surface area contributed by atoms with Gasteiger partial charge >= 0.3 is 0 Å². The average molecular weight is 284 g/mol. The zero-order chi connectivity index (χ0) is 14.0. The van der Waals surface area contributed by atoms with Gasteiger partial charge in [-0.1, -0.05) is 0 Å². The van der Waals surface area contributed by atoms with Crippen molar-refractivity contribution in [1.82, 2.24) is 9.97 Å². The third-order valence-corrected chi connectivity index (χ3v) is 2.31. The summed E-state index contributed by atoms with van der Waals surface area (Å²) < 4.78 is 18.8. The number of rotatable bonds is 3. The number of non-ortho nitro benzene ring substituents is 1.